The molecule has 0 spiro atoms. The van der Waals surface area contributed by atoms with Crippen molar-refractivity contribution >= 4 is 6.29 Å². The molecule has 1 aromatic rings. The Morgan fingerprint density at radius 3 is 2.10 bits per heavy atom. The molecule has 0 heterocycles. The molecule has 0 saturated heterocycles. The van der Waals surface area contributed by atoms with E-state index in [0.717, 1.165) is 0 Å². The van der Waals surface area contributed by atoms with Gasteiger partial charge in [-0.25, -0.2) is 4.39 Å². The topological polar surface area (TPSA) is 52.1 Å². The van der Waals surface area contributed by atoms with Crippen molar-refractivity contribution in [3.05, 3.63) is 35.6 Å². The van der Waals surface area contributed by atoms with Crippen molar-refractivity contribution in [3.63, 3.8) is 0 Å². The lowest BCUT2D eigenvalue weighted by Gasteiger charge is -1.86. The van der Waals surface area contributed by atoms with Crippen molar-refractivity contribution in [2.75, 3.05) is 0 Å². The Morgan fingerprint density at radius 1 is 1.20 bits per heavy atom. The van der Waals surface area contributed by atoms with E-state index in [1.54, 1.807) is 0 Å². The molecule has 0 saturated carbocycles. The summed E-state index contributed by atoms with van der Waals surface area (Å²) < 4.78 is 12.1. The predicted octanol–water partition coefficient (Wildman–Crippen LogP) is 1.80. The average molecular weight is 141 g/mol. The molecule has 0 bridgehead atoms. The van der Waals surface area contributed by atoms with Crippen LogP contribution in [0.4, 0.5) is 4.39 Å². The standard InChI is InChI=1S/C7H5FO.H3N/c8-7-3-1-6(5-9)2-4-7;/h1-5H;1H3. The van der Waals surface area contributed by atoms with Crippen LogP contribution in [-0.2, 0) is 0 Å². The van der Waals surface area contributed by atoms with E-state index in [2.05, 4.69) is 0 Å². The Bertz CT molecular complexity index is 207. The lowest BCUT2D eigenvalue weighted by atomic mass is 10.2. The van der Waals surface area contributed by atoms with Gasteiger partial charge in [-0.3, -0.25) is 4.79 Å². The highest BCUT2D eigenvalue weighted by atomic mass is 19.1. The molecule has 1 aromatic carbocycles. The summed E-state index contributed by atoms with van der Waals surface area (Å²) >= 11 is 0. The number of halogens is 1. The second-order valence-electron chi connectivity index (χ2n) is 1.67. The first-order valence-corrected chi connectivity index (χ1v) is 2.53. The fourth-order valence-corrected chi connectivity index (χ4v) is 0.541. The van der Waals surface area contributed by atoms with Gasteiger partial charge >= 0.3 is 0 Å². The van der Waals surface area contributed by atoms with E-state index in [1.165, 1.54) is 24.3 Å². The Hall–Kier alpha value is -1.22. The van der Waals surface area contributed by atoms with Crippen molar-refractivity contribution in [1.29, 1.82) is 0 Å². The van der Waals surface area contributed by atoms with Gasteiger partial charge in [0, 0.05) is 5.56 Å². The van der Waals surface area contributed by atoms with Gasteiger partial charge in [0.25, 0.3) is 0 Å². The zero-order chi connectivity index (χ0) is 6.69. The van der Waals surface area contributed by atoms with Gasteiger partial charge in [0.2, 0.25) is 0 Å². The van der Waals surface area contributed by atoms with Crippen LogP contribution in [0.15, 0.2) is 24.3 Å². The molecule has 0 fully saturated rings. The third-order valence-electron chi connectivity index (χ3n) is 1.01. The fourth-order valence-electron chi connectivity index (χ4n) is 0.541. The van der Waals surface area contributed by atoms with E-state index < -0.39 is 0 Å². The molecule has 1 rings (SSSR count). The number of aldehydes is 1. The maximum absolute atomic E-state index is 12.1. The lowest BCUT2D eigenvalue weighted by Crippen LogP contribution is -1.77. The molecule has 3 N–H and O–H groups in total. The molecule has 0 unspecified atom stereocenters. The number of hydrogen-bond acceptors (Lipinski definition) is 2. The molecule has 0 aromatic heterocycles. The zero-order valence-electron chi connectivity index (χ0n) is 5.38. The molecule has 0 atom stereocenters. The van der Waals surface area contributed by atoms with Gasteiger partial charge in [0.1, 0.15) is 12.1 Å². The molecule has 0 aliphatic heterocycles. The highest BCUT2D eigenvalue weighted by Gasteiger charge is 1.87. The van der Waals surface area contributed by atoms with Gasteiger partial charge < -0.3 is 6.15 Å². The molecule has 0 radical (unpaired) electrons. The summed E-state index contributed by atoms with van der Waals surface area (Å²) in [6.45, 7) is 0. The van der Waals surface area contributed by atoms with E-state index in [-0.39, 0.29) is 12.0 Å². The zero-order valence-corrected chi connectivity index (χ0v) is 5.38. The number of carbonyl (C=O) groups excluding carboxylic acids is 1. The van der Waals surface area contributed by atoms with E-state index >= 15 is 0 Å². The predicted molar refractivity (Wildman–Crippen MR) is 36.8 cm³/mol. The van der Waals surface area contributed by atoms with E-state index in [0.29, 0.717) is 11.8 Å². The van der Waals surface area contributed by atoms with E-state index in [4.69, 9.17) is 0 Å². The van der Waals surface area contributed by atoms with Gasteiger partial charge in [0.15, 0.2) is 0 Å². The van der Waals surface area contributed by atoms with Crippen LogP contribution in [0.5, 0.6) is 0 Å². The molecule has 0 amide bonds. The molecule has 54 valence electrons. The summed E-state index contributed by atoms with van der Waals surface area (Å²) in [5.74, 6) is -0.319. The molecule has 0 aliphatic rings. The summed E-state index contributed by atoms with van der Waals surface area (Å²) in [6, 6.07) is 5.37. The first-order chi connectivity index (χ1) is 4.33. The second-order valence-corrected chi connectivity index (χ2v) is 1.67. The third-order valence-corrected chi connectivity index (χ3v) is 1.01. The Balaban J connectivity index is 0.000000810. The summed E-state index contributed by atoms with van der Waals surface area (Å²) in [5, 5.41) is 0. The number of carbonyl (C=O) groups is 1. The average Bonchev–Trinajstić information content (AvgIpc) is 1.90. The molecule has 3 heteroatoms. The van der Waals surface area contributed by atoms with Crippen LogP contribution in [-0.4, -0.2) is 6.29 Å². The highest BCUT2D eigenvalue weighted by Crippen LogP contribution is 1.98. The Labute approximate surface area is 58.3 Å². The molecular formula is C7H8FNO. The van der Waals surface area contributed by atoms with Crippen LogP contribution < -0.4 is 6.15 Å². The van der Waals surface area contributed by atoms with Crippen molar-refractivity contribution in [1.82, 2.24) is 6.15 Å². The van der Waals surface area contributed by atoms with Crippen molar-refractivity contribution in [2.24, 2.45) is 0 Å². The van der Waals surface area contributed by atoms with Crippen LogP contribution in [0.2, 0.25) is 0 Å². The molecule has 10 heavy (non-hydrogen) atoms. The van der Waals surface area contributed by atoms with Crippen molar-refractivity contribution < 1.29 is 9.18 Å². The van der Waals surface area contributed by atoms with Crippen LogP contribution in [0.3, 0.4) is 0 Å². The van der Waals surface area contributed by atoms with Gasteiger partial charge in [-0.05, 0) is 24.3 Å². The van der Waals surface area contributed by atoms with Crippen LogP contribution >= 0.6 is 0 Å². The number of rotatable bonds is 1. The van der Waals surface area contributed by atoms with Crippen LogP contribution in [0.1, 0.15) is 10.4 Å². The first kappa shape index (κ1) is 8.78. The molecule has 0 aliphatic carbocycles. The second kappa shape index (κ2) is 3.74. The van der Waals surface area contributed by atoms with Crippen molar-refractivity contribution in [3.8, 4) is 0 Å². The number of hydrogen-bond donors (Lipinski definition) is 1. The normalized spacial score (nSPS) is 8.10. The van der Waals surface area contributed by atoms with E-state index in [1.807, 2.05) is 0 Å². The van der Waals surface area contributed by atoms with E-state index in [9.17, 15) is 9.18 Å². The van der Waals surface area contributed by atoms with Gasteiger partial charge in [-0.2, -0.15) is 0 Å². The van der Waals surface area contributed by atoms with Gasteiger partial charge in [0.05, 0.1) is 0 Å². The molecular weight excluding hydrogens is 133 g/mol. The maximum atomic E-state index is 12.1. The first-order valence-electron chi connectivity index (χ1n) is 2.53. The minimum atomic E-state index is -0.319. The smallest absolute Gasteiger partial charge is 0.150 e. The minimum Gasteiger partial charge on any atom is -0.344 e. The minimum absolute atomic E-state index is 0. The van der Waals surface area contributed by atoms with Crippen LogP contribution in [0.25, 0.3) is 0 Å². The Morgan fingerprint density at radius 2 is 1.70 bits per heavy atom. The van der Waals surface area contributed by atoms with Crippen LogP contribution in [0, 0.1) is 5.82 Å². The lowest BCUT2D eigenvalue weighted by molar-refractivity contribution is 0.112. The summed E-state index contributed by atoms with van der Waals surface area (Å²) in [7, 11) is 0. The highest BCUT2D eigenvalue weighted by molar-refractivity contribution is 5.74. The third kappa shape index (κ3) is 1.95. The summed E-state index contributed by atoms with van der Waals surface area (Å²) in [6.07, 6.45) is 0.680. The summed E-state index contributed by atoms with van der Waals surface area (Å²) in [5.41, 5.74) is 0.497. The summed E-state index contributed by atoms with van der Waals surface area (Å²) in [4.78, 5) is 10.00. The molecule has 2 nitrogen and oxygen atoms in total. The number of benzene rings is 1. The fraction of sp³-hybridized carbons (Fsp3) is 0. The largest absolute Gasteiger partial charge is 0.344 e. The Kier molecular flexibility index (Phi) is 3.28. The van der Waals surface area contributed by atoms with Gasteiger partial charge in [-0.15, -0.1) is 0 Å². The van der Waals surface area contributed by atoms with Gasteiger partial charge in [-0.1, -0.05) is 0 Å². The van der Waals surface area contributed by atoms with Crippen molar-refractivity contribution in [2.45, 2.75) is 0 Å². The quantitative estimate of drug-likeness (QED) is 0.606. The SMILES string of the molecule is N.O=Cc1ccc(F)cc1. The monoisotopic (exact) mass is 141 g/mol. The maximum Gasteiger partial charge on any atom is 0.150 e.